The molecule has 1 aromatic heterocycles. The standard InChI is InChI=1S/C12H16F3N3/c1-18(7-10(13)14)12-11(15)8(4-5-16-12)6-17-9-2-3-9/h4-5,9-10,17H,2-3,6-7H2,1H3. The van der Waals surface area contributed by atoms with Crippen molar-refractivity contribution in [2.75, 3.05) is 18.5 Å². The number of hydrogen-bond acceptors (Lipinski definition) is 3. The summed E-state index contributed by atoms with van der Waals surface area (Å²) in [6.07, 6.45) is 1.17. The van der Waals surface area contributed by atoms with Crippen LogP contribution in [-0.4, -0.2) is 31.0 Å². The monoisotopic (exact) mass is 259 g/mol. The van der Waals surface area contributed by atoms with Gasteiger partial charge < -0.3 is 10.2 Å². The fraction of sp³-hybridized carbons (Fsp3) is 0.583. The van der Waals surface area contributed by atoms with Gasteiger partial charge in [-0.1, -0.05) is 0 Å². The van der Waals surface area contributed by atoms with Gasteiger partial charge in [0.2, 0.25) is 0 Å². The number of aromatic nitrogens is 1. The summed E-state index contributed by atoms with van der Waals surface area (Å²) in [6, 6.07) is 2.05. The molecule has 1 N–H and O–H groups in total. The summed E-state index contributed by atoms with van der Waals surface area (Å²) < 4.78 is 38.6. The summed E-state index contributed by atoms with van der Waals surface area (Å²) >= 11 is 0. The van der Waals surface area contributed by atoms with Gasteiger partial charge in [-0.15, -0.1) is 0 Å². The third kappa shape index (κ3) is 3.35. The molecule has 0 spiro atoms. The van der Waals surface area contributed by atoms with Crippen molar-refractivity contribution in [1.82, 2.24) is 10.3 Å². The first-order chi connectivity index (χ1) is 8.58. The highest BCUT2D eigenvalue weighted by Gasteiger charge is 2.22. The third-order valence-corrected chi connectivity index (χ3v) is 2.88. The molecule has 1 saturated carbocycles. The molecular formula is C12H16F3N3. The molecule has 2 rings (SSSR count). The molecule has 3 nitrogen and oxygen atoms in total. The van der Waals surface area contributed by atoms with E-state index in [1.54, 1.807) is 6.07 Å². The van der Waals surface area contributed by atoms with Crippen LogP contribution in [0.2, 0.25) is 0 Å². The van der Waals surface area contributed by atoms with Gasteiger partial charge in [0.25, 0.3) is 6.43 Å². The molecule has 1 aliphatic carbocycles. The van der Waals surface area contributed by atoms with Crippen LogP contribution in [-0.2, 0) is 6.54 Å². The average molecular weight is 259 g/mol. The second-order valence-corrected chi connectivity index (χ2v) is 4.53. The smallest absolute Gasteiger partial charge is 0.255 e. The van der Waals surface area contributed by atoms with Gasteiger partial charge in [0.05, 0.1) is 6.54 Å². The molecule has 1 fully saturated rings. The molecule has 1 aromatic rings. The third-order valence-electron chi connectivity index (χ3n) is 2.88. The molecule has 18 heavy (non-hydrogen) atoms. The van der Waals surface area contributed by atoms with Crippen LogP contribution in [0.25, 0.3) is 0 Å². The maximum absolute atomic E-state index is 14.1. The zero-order valence-corrected chi connectivity index (χ0v) is 10.2. The Labute approximate surface area is 104 Å². The van der Waals surface area contributed by atoms with Crippen LogP contribution < -0.4 is 10.2 Å². The van der Waals surface area contributed by atoms with Crippen molar-refractivity contribution in [3.8, 4) is 0 Å². The first kappa shape index (κ1) is 13.1. The van der Waals surface area contributed by atoms with E-state index in [9.17, 15) is 13.2 Å². The number of rotatable bonds is 6. The summed E-state index contributed by atoms with van der Waals surface area (Å²) in [7, 11) is 1.41. The Morgan fingerprint density at radius 2 is 2.22 bits per heavy atom. The SMILES string of the molecule is CN(CC(F)F)c1nccc(CNC2CC2)c1F. The van der Waals surface area contributed by atoms with Gasteiger partial charge in [0.15, 0.2) is 11.6 Å². The highest BCUT2D eigenvalue weighted by molar-refractivity contribution is 5.42. The summed E-state index contributed by atoms with van der Waals surface area (Å²) in [4.78, 5) is 4.96. The summed E-state index contributed by atoms with van der Waals surface area (Å²) in [5.74, 6) is -0.542. The van der Waals surface area contributed by atoms with Gasteiger partial charge in [0, 0.05) is 31.4 Å². The van der Waals surface area contributed by atoms with Crippen molar-refractivity contribution in [3.05, 3.63) is 23.6 Å². The predicted molar refractivity (Wildman–Crippen MR) is 63.3 cm³/mol. The molecular weight excluding hydrogens is 243 g/mol. The predicted octanol–water partition coefficient (Wildman–Crippen LogP) is 2.17. The number of hydrogen-bond donors (Lipinski definition) is 1. The lowest BCUT2D eigenvalue weighted by Crippen LogP contribution is -2.26. The molecule has 0 atom stereocenters. The van der Waals surface area contributed by atoms with Gasteiger partial charge in [-0.05, 0) is 18.9 Å². The van der Waals surface area contributed by atoms with Gasteiger partial charge >= 0.3 is 0 Å². The van der Waals surface area contributed by atoms with E-state index in [1.165, 1.54) is 13.2 Å². The normalized spacial score (nSPS) is 15.2. The van der Waals surface area contributed by atoms with Gasteiger partial charge in [-0.25, -0.2) is 18.2 Å². The Kier molecular flexibility index (Phi) is 4.06. The van der Waals surface area contributed by atoms with Crippen LogP contribution >= 0.6 is 0 Å². The maximum atomic E-state index is 14.1. The second-order valence-electron chi connectivity index (χ2n) is 4.53. The minimum Gasteiger partial charge on any atom is -0.352 e. The van der Waals surface area contributed by atoms with Crippen LogP contribution in [0.5, 0.6) is 0 Å². The van der Waals surface area contributed by atoms with E-state index in [2.05, 4.69) is 10.3 Å². The minimum atomic E-state index is -2.51. The Balaban J connectivity index is 2.07. The van der Waals surface area contributed by atoms with Gasteiger partial charge in [-0.2, -0.15) is 0 Å². The minimum absolute atomic E-state index is 0.0228. The summed E-state index contributed by atoms with van der Waals surface area (Å²) in [5.41, 5.74) is 0.466. The Bertz CT molecular complexity index is 408. The van der Waals surface area contributed by atoms with E-state index in [4.69, 9.17) is 0 Å². The number of nitrogens with zero attached hydrogens (tertiary/aromatic N) is 2. The lowest BCUT2D eigenvalue weighted by Gasteiger charge is -2.19. The summed E-state index contributed by atoms with van der Waals surface area (Å²) in [5, 5.41) is 3.19. The first-order valence-corrected chi connectivity index (χ1v) is 5.94. The van der Waals surface area contributed by atoms with Crippen LogP contribution in [0.15, 0.2) is 12.3 Å². The first-order valence-electron chi connectivity index (χ1n) is 5.94. The number of anilines is 1. The Morgan fingerprint density at radius 1 is 1.50 bits per heavy atom. The number of alkyl halides is 2. The molecule has 6 heteroatoms. The van der Waals surface area contributed by atoms with E-state index < -0.39 is 18.8 Å². The average Bonchev–Trinajstić information content (AvgIpc) is 3.10. The Hall–Kier alpha value is -1.30. The zero-order valence-electron chi connectivity index (χ0n) is 10.2. The Morgan fingerprint density at radius 3 is 2.83 bits per heavy atom. The molecule has 0 amide bonds. The highest BCUT2D eigenvalue weighted by atomic mass is 19.3. The van der Waals surface area contributed by atoms with Crippen molar-refractivity contribution in [1.29, 1.82) is 0 Å². The molecule has 1 aliphatic rings. The number of pyridine rings is 1. The fourth-order valence-electron chi connectivity index (χ4n) is 1.71. The van der Waals surface area contributed by atoms with Crippen LogP contribution in [0.4, 0.5) is 19.0 Å². The lowest BCUT2D eigenvalue weighted by atomic mass is 10.2. The van der Waals surface area contributed by atoms with E-state index in [0.717, 1.165) is 17.7 Å². The van der Waals surface area contributed by atoms with Crippen molar-refractivity contribution in [3.63, 3.8) is 0 Å². The topological polar surface area (TPSA) is 28.2 Å². The van der Waals surface area contributed by atoms with Crippen LogP contribution in [0.1, 0.15) is 18.4 Å². The maximum Gasteiger partial charge on any atom is 0.255 e. The van der Waals surface area contributed by atoms with E-state index in [-0.39, 0.29) is 5.82 Å². The molecule has 0 unspecified atom stereocenters. The fourth-order valence-corrected chi connectivity index (χ4v) is 1.71. The molecule has 0 radical (unpaired) electrons. The molecule has 100 valence electrons. The van der Waals surface area contributed by atoms with Crippen molar-refractivity contribution in [2.24, 2.45) is 0 Å². The van der Waals surface area contributed by atoms with E-state index in [0.29, 0.717) is 18.2 Å². The highest BCUT2D eigenvalue weighted by Crippen LogP contribution is 2.22. The molecule has 0 saturated heterocycles. The van der Waals surface area contributed by atoms with Crippen LogP contribution in [0.3, 0.4) is 0 Å². The van der Waals surface area contributed by atoms with E-state index in [1.807, 2.05) is 0 Å². The van der Waals surface area contributed by atoms with E-state index >= 15 is 0 Å². The molecule has 0 aromatic carbocycles. The molecule has 1 heterocycles. The van der Waals surface area contributed by atoms with Gasteiger partial charge in [0.1, 0.15) is 0 Å². The lowest BCUT2D eigenvalue weighted by molar-refractivity contribution is 0.156. The zero-order chi connectivity index (χ0) is 13.1. The molecule has 0 aliphatic heterocycles. The quantitative estimate of drug-likeness (QED) is 0.848. The number of halogens is 3. The van der Waals surface area contributed by atoms with Crippen molar-refractivity contribution in [2.45, 2.75) is 31.9 Å². The molecule has 0 bridgehead atoms. The van der Waals surface area contributed by atoms with Crippen LogP contribution in [0, 0.1) is 5.82 Å². The van der Waals surface area contributed by atoms with Crippen molar-refractivity contribution < 1.29 is 13.2 Å². The van der Waals surface area contributed by atoms with Gasteiger partial charge in [-0.3, -0.25) is 0 Å². The van der Waals surface area contributed by atoms with Crippen molar-refractivity contribution >= 4 is 5.82 Å². The largest absolute Gasteiger partial charge is 0.352 e. The summed E-state index contributed by atoms with van der Waals surface area (Å²) in [6.45, 7) is -0.113. The number of nitrogens with one attached hydrogen (secondary N) is 1. The second kappa shape index (κ2) is 5.56.